The number of rotatable bonds is 4. The lowest BCUT2D eigenvalue weighted by atomic mass is 9.95. The van der Waals surface area contributed by atoms with Gasteiger partial charge in [0.25, 0.3) is 0 Å². The van der Waals surface area contributed by atoms with Gasteiger partial charge in [0, 0.05) is 43.5 Å². The van der Waals surface area contributed by atoms with Gasteiger partial charge in [0.15, 0.2) is 0 Å². The number of hydrogen-bond acceptors (Lipinski definition) is 4. The molecule has 29 heavy (non-hydrogen) atoms. The first-order valence-electron chi connectivity index (χ1n) is 9.89. The fourth-order valence-electron chi connectivity index (χ4n) is 4.02. The maximum absolute atomic E-state index is 13.2. The highest BCUT2D eigenvalue weighted by Crippen LogP contribution is 2.31. The zero-order valence-electron chi connectivity index (χ0n) is 17.0. The van der Waals surface area contributed by atoms with Gasteiger partial charge in [0.2, 0.25) is 10.0 Å². The minimum Gasteiger partial charge on any atom is -0.274 e. The minimum absolute atomic E-state index is 0.0836. The molecule has 1 saturated heterocycles. The average molecular weight is 411 g/mol. The Morgan fingerprint density at radius 1 is 1.10 bits per heavy atom. The van der Waals surface area contributed by atoms with Crippen LogP contribution in [0.4, 0.5) is 0 Å². The fourth-order valence-corrected chi connectivity index (χ4v) is 5.74. The molecule has 3 heterocycles. The molecule has 0 saturated carbocycles. The standard InChI is InChI=1S/C22H26N4O2S/c1-16-7-4-8-18(13-16)20-10-5-11-21(23-20)19-9-6-12-26(14-19)29(27,28)22-15-25(3)24-17(22)2/h4-5,7-8,10-11,13,15,19H,6,9,12,14H2,1-3H3/t19-/m1/s1. The molecular weight excluding hydrogens is 384 g/mol. The van der Waals surface area contributed by atoms with Crippen molar-refractivity contribution in [2.75, 3.05) is 13.1 Å². The maximum Gasteiger partial charge on any atom is 0.246 e. The number of aromatic nitrogens is 3. The van der Waals surface area contributed by atoms with Crippen LogP contribution < -0.4 is 0 Å². The largest absolute Gasteiger partial charge is 0.274 e. The molecule has 152 valence electrons. The van der Waals surface area contributed by atoms with Gasteiger partial charge in [-0.05, 0) is 44.9 Å². The van der Waals surface area contributed by atoms with Crippen molar-refractivity contribution in [3.8, 4) is 11.3 Å². The number of benzene rings is 1. The molecule has 0 unspecified atom stereocenters. The summed E-state index contributed by atoms with van der Waals surface area (Å²) in [4.78, 5) is 5.17. The quantitative estimate of drug-likeness (QED) is 0.658. The highest BCUT2D eigenvalue weighted by molar-refractivity contribution is 7.89. The van der Waals surface area contributed by atoms with Gasteiger partial charge in [-0.15, -0.1) is 0 Å². The molecule has 6 nitrogen and oxygen atoms in total. The summed E-state index contributed by atoms with van der Waals surface area (Å²) in [6, 6.07) is 14.3. The molecule has 0 amide bonds. The lowest BCUT2D eigenvalue weighted by Crippen LogP contribution is -2.39. The predicted octanol–water partition coefficient (Wildman–Crippen LogP) is 3.67. The Morgan fingerprint density at radius 3 is 2.62 bits per heavy atom. The Bertz CT molecular complexity index is 1140. The molecule has 1 aliphatic heterocycles. The van der Waals surface area contributed by atoms with Crippen molar-refractivity contribution in [2.24, 2.45) is 7.05 Å². The van der Waals surface area contributed by atoms with E-state index < -0.39 is 10.0 Å². The Balaban J connectivity index is 1.61. The summed E-state index contributed by atoms with van der Waals surface area (Å²) < 4.78 is 29.5. The molecule has 1 atom stereocenters. The van der Waals surface area contributed by atoms with Crippen LogP contribution in [0.25, 0.3) is 11.3 Å². The number of aryl methyl sites for hydroxylation is 3. The summed E-state index contributed by atoms with van der Waals surface area (Å²) in [5.74, 6) is 0.0836. The van der Waals surface area contributed by atoms with Crippen LogP contribution in [0.15, 0.2) is 53.6 Å². The van der Waals surface area contributed by atoms with Crippen LogP contribution in [0.3, 0.4) is 0 Å². The summed E-state index contributed by atoms with van der Waals surface area (Å²) in [7, 11) is -1.82. The lowest BCUT2D eigenvalue weighted by Gasteiger charge is -2.31. The van der Waals surface area contributed by atoms with Gasteiger partial charge < -0.3 is 0 Å². The highest BCUT2D eigenvalue weighted by Gasteiger charge is 2.33. The van der Waals surface area contributed by atoms with Crippen molar-refractivity contribution in [1.29, 1.82) is 0 Å². The minimum atomic E-state index is -3.56. The first kappa shape index (κ1) is 19.8. The molecule has 1 fully saturated rings. The molecule has 0 radical (unpaired) electrons. The molecule has 2 aromatic heterocycles. The lowest BCUT2D eigenvalue weighted by molar-refractivity contribution is 0.312. The fraction of sp³-hybridized carbons (Fsp3) is 0.364. The molecule has 1 aliphatic rings. The Labute approximate surface area is 172 Å². The van der Waals surface area contributed by atoms with E-state index in [1.165, 1.54) is 5.56 Å². The molecule has 7 heteroatoms. The summed E-state index contributed by atoms with van der Waals surface area (Å²) in [5, 5.41) is 4.20. The third kappa shape index (κ3) is 3.97. The van der Waals surface area contributed by atoms with Crippen LogP contribution in [0.1, 0.15) is 35.7 Å². The maximum atomic E-state index is 13.2. The van der Waals surface area contributed by atoms with E-state index in [9.17, 15) is 8.42 Å². The van der Waals surface area contributed by atoms with Gasteiger partial charge in [-0.3, -0.25) is 9.67 Å². The average Bonchev–Trinajstić information content (AvgIpc) is 3.07. The van der Waals surface area contributed by atoms with Crippen LogP contribution in [0, 0.1) is 13.8 Å². The van der Waals surface area contributed by atoms with E-state index in [0.29, 0.717) is 23.7 Å². The summed E-state index contributed by atoms with van der Waals surface area (Å²) in [5.41, 5.74) is 4.69. The van der Waals surface area contributed by atoms with Crippen molar-refractivity contribution in [3.63, 3.8) is 0 Å². The Hall–Kier alpha value is -2.51. The van der Waals surface area contributed by atoms with Crippen molar-refractivity contribution >= 4 is 10.0 Å². The monoisotopic (exact) mass is 410 g/mol. The van der Waals surface area contributed by atoms with Crippen molar-refractivity contribution in [2.45, 2.75) is 37.5 Å². The number of pyridine rings is 1. The SMILES string of the molecule is Cc1cccc(-c2cccc([C@@H]3CCCN(S(=O)(=O)c4cn(C)nc4C)C3)n2)c1. The van der Waals surface area contributed by atoms with Crippen LogP contribution in [0.2, 0.25) is 0 Å². The van der Waals surface area contributed by atoms with Crippen molar-refractivity contribution in [3.05, 3.63) is 65.6 Å². The summed E-state index contributed by atoms with van der Waals surface area (Å²) in [6.45, 7) is 4.78. The smallest absolute Gasteiger partial charge is 0.246 e. The first-order chi connectivity index (χ1) is 13.8. The second kappa shape index (κ2) is 7.72. The third-order valence-electron chi connectivity index (χ3n) is 5.47. The molecule has 0 bridgehead atoms. The number of nitrogens with zero attached hydrogens (tertiary/aromatic N) is 4. The van der Waals surface area contributed by atoms with Gasteiger partial charge in [-0.1, -0.05) is 29.8 Å². The van der Waals surface area contributed by atoms with E-state index in [-0.39, 0.29) is 5.92 Å². The summed E-state index contributed by atoms with van der Waals surface area (Å²) >= 11 is 0. The predicted molar refractivity (Wildman–Crippen MR) is 113 cm³/mol. The number of hydrogen-bond donors (Lipinski definition) is 0. The molecule has 0 spiro atoms. The van der Waals surface area contributed by atoms with E-state index >= 15 is 0 Å². The van der Waals surface area contributed by atoms with Gasteiger partial charge in [-0.25, -0.2) is 8.42 Å². The molecule has 0 N–H and O–H groups in total. The Kier molecular flexibility index (Phi) is 5.27. The molecule has 3 aromatic rings. The van der Waals surface area contributed by atoms with Gasteiger partial charge in [-0.2, -0.15) is 9.40 Å². The normalized spacial score (nSPS) is 18.1. The van der Waals surface area contributed by atoms with E-state index in [4.69, 9.17) is 4.98 Å². The van der Waals surface area contributed by atoms with Crippen LogP contribution in [0.5, 0.6) is 0 Å². The second-order valence-electron chi connectivity index (χ2n) is 7.77. The first-order valence-corrected chi connectivity index (χ1v) is 11.3. The molecular formula is C22H26N4O2S. The number of sulfonamides is 1. The van der Waals surface area contributed by atoms with E-state index in [2.05, 4.69) is 30.2 Å². The van der Waals surface area contributed by atoms with Crippen LogP contribution in [-0.2, 0) is 17.1 Å². The number of piperidine rings is 1. The van der Waals surface area contributed by atoms with E-state index in [0.717, 1.165) is 29.8 Å². The zero-order valence-corrected chi connectivity index (χ0v) is 17.9. The van der Waals surface area contributed by atoms with Gasteiger partial charge >= 0.3 is 0 Å². The molecule has 4 rings (SSSR count). The second-order valence-corrected chi connectivity index (χ2v) is 9.68. The van der Waals surface area contributed by atoms with Crippen molar-refractivity contribution in [1.82, 2.24) is 19.1 Å². The van der Waals surface area contributed by atoms with Crippen LogP contribution >= 0.6 is 0 Å². The van der Waals surface area contributed by atoms with Gasteiger partial charge in [0.05, 0.1) is 11.4 Å². The van der Waals surface area contributed by atoms with Gasteiger partial charge in [0.1, 0.15) is 4.90 Å². The topological polar surface area (TPSA) is 68.1 Å². The van der Waals surface area contributed by atoms with Crippen LogP contribution in [-0.4, -0.2) is 40.6 Å². The highest BCUT2D eigenvalue weighted by atomic mass is 32.2. The zero-order chi connectivity index (χ0) is 20.6. The Morgan fingerprint density at radius 2 is 1.90 bits per heavy atom. The molecule has 1 aromatic carbocycles. The van der Waals surface area contributed by atoms with Crippen molar-refractivity contribution < 1.29 is 8.42 Å². The van der Waals surface area contributed by atoms with E-state index in [1.807, 2.05) is 24.3 Å². The third-order valence-corrected chi connectivity index (χ3v) is 7.44. The van der Waals surface area contributed by atoms with E-state index in [1.54, 1.807) is 29.2 Å². The molecule has 0 aliphatic carbocycles. The summed E-state index contributed by atoms with van der Waals surface area (Å²) in [6.07, 6.45) is 3.34.